The van der Waals surface area contributed by atoms with E-state index in [9.17, 15) is 66.4 Å². The first-order valence-electron chi connectivity index (χ1n) is 13.1. The zero-order valence-corrected chi connectivity index (χ0v) is 22.8. The standard InChI is InChI=1S/C32H20O14/c33-20-15-13(9-5-3-7-11-12(9)8-4-1-2-6-10(8)46-11)16-18(23(36)29(42)27(40)21(16)34)14(17(15)22(35)28(41)26(20)39)19-24(37)30(43)32(45)31(44)25(19)38/h1-7,33-45H. The molecule has 14 heteroatoms. The third kappa shape index (κ3) is 3.23. The summed E-state index contributed by atoms with van der Waals surface area (Å²) in [5.74, 6) is -17.1. The van der Waals surface area contributed by atoms with Crippen molar-refractivity contribution >= 4 is 43.5 Å². The van der Waals surface area contributed by atoms with Gasteiger partial charge in [0, 0.05) is 43.4 Å². The van der Waals surface area contributed by atoms with Gasteiger partial charge in [0.05, 0.1) is 5.56 Å². The number of phenolic OH excluding ortho intramolecular Hbond substituents is 13. The lowest BCUT2D eigenvalue weighted by Crippen LogP contribution is -1.96. The molecule has 0 aliphatic heterocycles. The molecule has 0 saturated heterocycles. The molecule has 14 nitrogen and oxygen atoms in total. The lowest BCUT2D eigenvalue weighted by molar-refractivity contribution is 0.330. The first-order chi connectivity index (χ1) is 21.8. The van der Waals surface area contributed by atoms with Crippen LogP contribution in [0, 0.1) is 0 Å². The number of hydrogen-bond donors (Lipinski definition) is 13. The van der Waals surface area contributed by atoms with Crippen molar-refractivity contribution in [3.63, 3.8) is 0 Å². The molecule has 0 radical (unpaired) electrons. The van der Waals surface area contributed by atoms with E-state index in [1.807, 2.05) is 0 Å². The van der Waals surface area contributed by atoms with Gasteiger partial charge in [0.15, 0.2) is 34.5 Å². The fourth-order valence-electron chi connectivity index (χ4n) is 6.04. The van der Waals surface area contributed by atoms with Crippen molar-refractivity contribution in [1.82, 2.24) is 0 Å². The summed E-state index contributed by atoms with van der Waals surface area (Å²) in [6.45, 7) is 0. The molecule has 0 amide bonds. The van der Waals surface area contributed by atoms with Crippen LogP contribution in [0.3, 0.4) is 0 Å². The second-order valence-corrected chi connectivity index (χ2v) is 10.4. The summed E-state index contributed by atoms with van der Waals surface area (Å²) < 4.78 is 5.95. The summed E-state index contributed by atoms with van der Waals surface area (Å²) in [6.07, 6.45) is 0. The van der Waals surface area contributed by atoms with Gasteiger partial charge in [0.2, 0.25) is 40.2 Å². The molecule has 7 rings (SSSR count). The van der Waals surface area contributed by atoms with Crippen LogP contribution in [0.1, 0.15) is 0 Å². The molecule has 6 aromatic carbocycles. The maximum Gasteiger partial charge on any atom is 0.208 e. The van der Waals surface area contributed by atoms with Gasteiger partial charge in [-0.2, -0.15) is 0 Å². The highest BCUT2D eigenvalue weighted by Crippen LogP contribution is 2.65. The molecule has 0 saturated carbocycles. The molecule has 0 fully saturated rings. The monoisotopic (exact) mass is 628 g/mol. The summed E-state index contributed by atoms with van der Waals surface area (Å²) in [4.78, 5) is 0. The van der Waals surface area contributed by atoms with Gasteiger partial charge in [-0.1, -0.05) is 30.3 Å². The molecule has 1 heterocycles. The average molecular weight is 628 g/mol. The Morgan fingerprint density at radius 2 is 0.696 bits per heavy atom. The Hall–Kier alpha value is -6.96. The second kappa shape index (κ2) is 9.03. The van der Waals surface area contributed by atoms with Crippen molar-refractivity contribution in [3.8, 4) is 97.0 Å². The van der Waals surface area contributed by atoms with Gasteiger partial charge in [-0.15, -0.1) is 0 Å². The second-order valence-electron chi connectivity index (χ2n) is 10.4. The maximum atomic E-state index is 11.4. The Kier molecular flexibility index (Phi) is 5.46. The van der Waals surface area contributed by atoms with Crippen LogP contribution in [0.2, 0.25) is 0 Å². The van der Waals surface area contributed by atoms with Crippen LogP contribution in [0.15, 0.2) is 46.9 Å². The van der Waals surface area contributed by atoms with E-state index in [-0.39, 0.29) is 16.7 Å². The van der Waals surface area contributed by atoms with Gasteiger partial charge >= 0.3 is 0 Å². The van der Waals surface area contributed by atoms with Crippen molar-refractivity contribution in [2.24, 2.45) is 0 Å². The van der Waals surface area contributed by atoms with E-state index in [1.165, 1.54) is 12.1 Å². The molecular weight excluding hydrogens is 608 g/mol. The highest BCUT2D eigenvalue weighted by atomic mass is 16.4. The van der Waals surface area contributed by atoms with Crippen LogP contribution in [0.4, 0.5) is 0 Å². The van der Waals surface area contributed by atoms with E-state index in [0.29, 0.717) is 16.4 Å². The molecule has 0 atom stereocenters. The quantitative estimate of drug-likeness (QED) is 0.0649. The van der Waals surface area contributed by atoms with E-state index in [0.717, 1.165) is 0 Å². The molecule has 232 valence electrons. The van der Waals surface area contributed by atoms with Crippen molar-refractivity contribution in [1.29, 1.82) is 0 Å². The normalized spacial score (nSPS) is 11.7. The zero-order valence-electron chi connectivity index (χ0n) is 22.8. The summed E-state index contributed by atoms with van der Waals surface area (Å²) >= 11 is 0. The van der Waals surface area contributed by atoms with Crippen LogP contribution in [0.25, 0.3) is 65.7 Å². The van der Waals surface area contributed by atoms with Crippen LogP contribution < -0.4 is 0 Å². The van der Waals surface area contributed by atoms with E-state index >= 15 is 0 Å². The summed E-state index contributed by atoms with van der Waals surface area (Å²) in [5, 5.41) is 139. The lowest BCUT2D eigenvalue weighted by atomic mass is 9.82. The SMILES string of the molecule is Oc1c(O)c(O)c(-c2c3c(O)c(O)c(O)c(O)c3c(-c3cccc4oc5ccccc5c34)c3c(O)c(O)c(O)c(O)c23)c(O)c1O. The number of fused-ring (bicyclic) bond motifs is 5. The van der Waals surface area contributed by atoms with E-state index in [2.05, 4.69) is 0 Å². The molecule has 0 unspecified atom stereocenters. The van der Waals surface area contributed by atoms with E-state index < -0.39 is 107 Å². The first kappa shape index (κ1) is 27.8. The molecule has 13 N–H and O–H groups in total. The molecule has 0 bridgehead atoms. The number of hydrogen-bond acceptors (Lipinski definition) is 14. The third-order valence-electron chi connectivity index (χ3n) is 8.09. The van der Waals surface area contributed by atoms with Gasteiger partial charge < -0.3 is 70.8 Å². The Bertz CT molecular complexity index is 2400. The fourth-order valence-corrected chi connectivity index (χ4v) is 6.04. The Morgan fingerprint density at radius 3 is 1.20 bits per heavy atom. The van der Waals surface area contributed by atoms with Gasteiger partial charge in [0.1, 0.15) is 11.2 Å². The minimum atomic E-state index is -1.41. The minimum absolute atomic E-state index is 0.0634. The highest BCUT2D eigenvalue weighted by Gasteiger charge is 2.36. The van der Waals surface area contributed by atoms with Gasteiger partial charge in [0.25, 0.3) is 0 Å². The number of benzene rings is 6. The number of para-hydroxylation sites is 1. The molecule has 7 aromatic rings. The largest absolute Gasteiger partial charge is 0.504 e. The van der Waals surface area contributed by atoms with Crippen molar-refractivity contribution in [3.05, 3.63) is 42.5 Å². The topological polar surface area (TPSA) is 276 Å². The molecule has 1 aromatic heterocycles. The summed E-state index contributed by atoms with van der Waals surface area (Å²) in [5.41, 5.74) is -1.60. The van der Waals surface area contributed by atoms with Crippen LogP contribution in [-0.4, -0.2) is 66.4 Å². The lowest BCUT2D eigenvalue weighted by Gasteiger charge is -2.23. The van der Waals surface area contributed by atoms with Gasteiger partial charge in [-0.25, -0.2) is 0 Å². The number of phenols is 13. The molecule has 0 aliphatic rings. The maximum absolute atomic E-state index is 11.4. The summed E-state index contributed by atoms with van der Waals surface area (Å²) in [7, 11) is 0. The Morgan fingerprint density at radius 1 is 0.304 bits per heavy atom. The first-order valence-corrected chi connectivity index (χ1v) is 13.1. The number of aromatic hydroxyl groups is 13. The smallest absolute Gasteiger partial charge is 0.208 e. The van der Waals surface area contributed by atoms with Crippen molar-refractivity contribution in [2.45, 2.75) is 0 Å². The molecule has 0 aliphatic carbocycles. The van der Waals surface area contributed by atoms with Crippen LogP contribution >= 0.6 is 0 Å². The van der Waals surface area contributed by atoms with Crippen LogP contribution in [-0.2, 0) is 0 Å². The predicted octanol–water partition coefficient (Wildman–Crippen LogP) is 5.40. The van der Waals surface area contributed by atoms with Crippen LogP contribution in [0.5, 0.6) is 74.7 Å². The Balaban J connectivity index is 1.91. The van der Waals surface area contributed by atoms with Crippen molar-refractivity contribution in [2.75, 3.05) is 0 Å². The van der Waals surface area contributed by atoms with E-state index in [1.54, 1.807) is 30.3 Å². The molecule has 0 spiro atoms. The Labute approximate surface area is 253 Å². The third-order valence-corrected chi connectivity index (χ3v) is 8.09. The van der Waals surface area contributed by atoms with Crippen molar-refractivity contribution < 1.29 is 70.8 Å². The predicted molar refractivity (Wildman–Crippen MR) is 161 cm³/mol. The summed E-state index contributed by atoms with van der Waals surface area (Å²) in [6, 6.07) is 11.2. The number of furan rings is 1. The zero-order chi connectivity index (χ0) is 33.1. The average Bonchev–Trinajstić information content (AvgIpc) is 3.44. The number of rotatable bonds is 2. The molecule has 46 heavy (non-hydrogen) atoms. The minimum Gasteiger partial charge on any atom is -0.504 e. The fraction of sp³-hybridized carbons (Fsp3) is 0. The highest BCUT2D eigenvalue weighted by molar-refractivity contribution is 6.32. The molecular formula is C32H20O14. The van der Waals surface area contributed by atoms with E-state index in [4.69, 9.17) is 4.42 Å². The van der Waals surface area contributed by atoms with Gasteiger partial charge in [-0.3, -0.25) is 0 Å². The van der Waals surface area contributed by atoms with Gasteiger partial charge in [-0.05, 0) is 17.7 Å².